The molecule has 2 N–H and O–H groups in total. The molecule has 0 saturated carbocycles. The summed E-state index contributed by atoms with van der Waals surface area (Å²) in [6, 6.07) is 0. The summed E-state index contributed by atoms with van der Waals surface area (Å²) in [5, 5.41) is 10.5. The molecule has 2 heterocycles. The second-order valence-electron chi connectivity index (χ2n) is 7.03. The monoisotopic (exact) mass is 466 g/mol. The van der Waals surface area contributed by atoms with E-state index in [1.165, 1.54) is 20.8 Å². The first-order valence-electron chi connectivity index (χ1n) is 8.16. The van der Waals surface area contributed by atoms with E-state index >= 15 is 0 Å². The molecule has 0 bridgehead atoms. The number of nitrogens with zero attached hydrogens (tertiary/aromatic N) is 1. The first-order valence-corrected chi connectivity index (χ1v) is 9.08. The van der Waals surface area contributed by atoms with Crippen LogP contribution < -0.4 is 11.2 Å². The van der Waals surface area contributed by atoms with Crippen LogP contribution in [0.1, 0.15) is 33.9 Å². The number of ether oxygens (including phenoxy) is 3. The maximum Gasteiger partial charge on any atom is 0.350 e. The number of hydrogen-bond donors (Lipinski definition) is 2. The van der Waals surface area contributed by atoms with Gasteiger partial charge < -0.3 is 19.3 Å². The number of carbonyl (C=O) groups is 2. The number of aliphatic hydroxyl groups excluding tert-OH is 1. The standard InChI is InChI=1S/C16H20BrFN2O8/c1-7(21)27-15(2,3)13(24)26-6-16(4)10(22)9(17)12(28-16)20-5-8(18)11(23)19-14(20)25/h5,9-10,12,22H,6H2,1-4H3,(H,19,23,25)/t9-,10-,12+,16+/m0/s1. The Labute approximate surface area is 166 Å². The third kappa shape index (κ3) is 4.33. The van der Waals surface area contributed by atoms with E-state index in [-0.39, 0.29) is 0 Å². The molecular weight excluding hydrogens is 447 g/mol. The van der Waals surface area contributed by atoms with Crippen molar-refractivity contribution in [3.63, 3.8) is 0 Å². The number of H-pyrrole nitrogens is 1. The highest BCUT2D eigenvalue weighted by Crippen LogP contribution is 2.40. The zero-order valence-corrected chi connectivity index (χ0v) is 17.1. The number of rotatable bonds is 5. The van der Waals surface area contributed by atoms with E-state index in [0.717, 1.165) is 11.5 Å². The van der Waals surface area contributed by atoms with Crippen molar-refractivity contribution in [3.05, 3.63) is 32.9 Å². The van der Waals surface area contributed by atoms with Crippen LogP contribution in [0.25, 0.3) is 0 Å². The zero-order valence-electron chi connectivity index (χ0n) is 15.5. The lowest BCUT2D eigenvalue weighted by Gasteiger charge is -2.29. The quantitative estimate of drug-likeness (QED) is 0.455. The fraction of sp³-hybridized carbons (Fsp3) is 0.625. The fourth-order valence-corrected chi connectivity index (χ4v) is 3.59. The molecule has 156 valence electrons. The minimum absolute atomic E-state index is 0.448. The van der Waals surface area contributed by atoms with Crippen molar-refractivity contribution in [2.24, 2.45) is 0 Å². The number of halogens is 2. The third-order valence-corrected chi connectivity index (χ3v) is 5.12. The van der Waals surface area contributed by atoms with Crippen LogP contribution in [0.15, 0.2) is 15.8 Å². The van der Waals surface area contributed by atoms with Gasteiger partial charge in [-0.15, -0.1) is 0 Å². The summed E-state index contributed by atoms with van der Waals surface area (Å²) in [5.41, 5.74) is -5.16. The van der Waals surface area contributed by atoms with Gasteiger partial charge in [0.15, 0.2) is 6.23 Å². The van der Waals surface area contributed by atoms with Gasteiger partial charge in [0, 0.05) is 6.92 Å². The molecule has 1 fully saturated rings. The van der Waals surface area contributed by atoms with Gasteiger partial charge in [-0.25, -0.2) is 9.59 Å². The summed E-state index contributed by atoms with van der Waals surface area (Å²) in [7, 11) is 0. The van der Waals surface area contributed by atoms with Crippen molar-refractivity contribution in [2.45, 2.75) is 56.1 Å². The maximum absolute atomic E-state index is 13.6. The molecule has 0 aliphatic carbocycles. The Hall–Kier alpha value is -2.05. The average Bonchev–Trinajstić information content (AvgIpc) is 2.79. The van der Waals surface area contributed by atoms with Crippen LogP contribution in [0.4, 0.5) is 4.39 Å². The molecule has 1 aromatic heterocycles. The number of aliphatic hydroxyl groups is 1. The van der Waals surface area contributed by atoms with Gasteiger partial charge in [0.05, 0.1) is 11.0 Å². The molecule has 1 aliphatic rings. The lowest BCUT2D eigenvalue weighted by Crippen LogP contribution is -2.46. The van der Waals surface area contributed by atoms with Gasteiger partial charge in [0.25, 0.3) is 5.56 Å². The van der Waals surface area contributed by atoms with Gasteiger partial charge in [-0.1, -0.05) is 15.9 Å². The van der Waals surface area contributed by atoms with Gasteiger partial charge in [0.2, 0.25) is 11.4 Å². The number of hydrogen-bond acceptors (Lipinski definition) is 8. The van der Waals surface area contributed by atoms with E-state index in [1.807, 2.05) is 0 Å². The summed E-state index contributed by atoms with van der Waals surface area (Å²) in [5.74, 6) is -2.76. The highest BCUT2D eigenvalue weighted by Gasteiger charge is 2.53. The Morgan fingerprint density at radius 3 is 2.64 bits per heavy atom. The van der Waals surface area contributed by atoms with Crippen molar-refractivity contribution in [1.29, 1.82) is 0 Å². The number of alkyl halides is 1. The van der Waals surface area contributed by atoms with Crippen molar-refractivity contribution in [3.8, 4) is 0 Å². The molecule has 1 saturated heterocycles. The summed E-state index contributed by atoms with van der Waals surface area (Å²) < 4.78 is 30.0. The minimum atomic E-state index is -1.56. The van der Waals surface area contributed by atoms with Gasteiger partial charge >= 0.3 is 17.6 Å². The predicted molar refractivity (Wildman–Crippen MR) is 95.3 cm³/mol. The molecule has 1 aliphatic heterocycles. The summed E-state index contributed by atoms with van der Waals surface area (Å²) in [6.45, 7) is 4.79. The largest absolute Gasteiger partial charge is 0.460 e. The van der Waals surface area contributed by atoms with E-state index in [4.69, 9.17) is 14.2 Å². The first kappa shape index (κ1) is 22.2. The second kappa shape index (κ2) is 7.76. The van der Waals surface area contributed by atoms with Crippen molar-refractivity contribution < 1.29 is 33.3 Å². The number of esters is 2. The molecule has 0 radical (unpaired) electrons. The van der Waals surface area contributed by atoms with E-state index < -0.39 is 64.0 Å². The van der Waals surface area contributed by atoms with E-state index in [0.29, 0.717) is 6.20 Å². The molecule has 0 aromatic carbocycles. The number of aromatic nitrogens is 2. The highest BCUT2D eigenvalue weighted by atomic mass is 79.9. The zero-order chi connectivity index (χ0) is 21.4. The summed E-state index contributed by atoms with van der Waals surface area (Å²) in [4.78, 5) is 47.3. The number of carbonyl (C=O) groups excluding carboxylic acids is 2. The highest BCUT2D eigenvalue weighted by molar-refractivity contribution is 9.09. The minimum Gasteiger partial charge on any atom is -0.460 e. The summed E-state index contributed by atoms with van der Waals surface area (Å²) in [6.07, 6.45) is -1.81. The molecule has 0 unspecified atom stereocenters. The Morgan fingerprint density at radius 1 is 1.46 bits per heavy atom. The van der Waals surface area contributed by atoms with Crippen molar-refractivity contribution in [2.75, 3.05) is 6.61 Å². The molecule has 12 heteroatoms. The van der Waals surface area contributed by atoms with Crippen LogP contribution in [0.3, 0.4) is 0 Å². The number of nitrogens with one attached hydrogen (secondary N) is 1. The van der Waals surface area contributed by atoms with Crippen LogP contribution in [0.2, 0.25) is 0 Å². The van der Waals surface area contributed by atoms with Crippen LogP contribution in [-0.4, -0.2) is 55.3 Å². The lowest BCUT2D eigenvalue weighted by molar-refractivity contribution is -0.187. The molecule has 1 aromatic rings. The van der Waals surface area contributed by atoms with E-state index in [1.54, 1.807) is 4.98 Å². The second-order valence-corrected chi connectivity index (χ2v) is 8.09. The molecule has 10 nitrogen and oxygen atoms in total. The van der Waals surface area contributed by atoms with Crippen LogP contribution in [0, 0.1) is 5.82 Å². The van der Waals surface area contributed by atoms with Gasteiger partial charge in [-0.05, 0) is 20.8 Å². The first-order chi connectivity index (χ1) is 12.8. The van der Waals surface area contributed by atoms with Crippen LogP contribution >= 0.6 is 15.9 Å². The smallest absolute Gasteiger partial charge is 0.350 e. The van der Waals surface area contributed by atoms with Gasteiger partial charge in [0.1, 0.15) is 18.3 Å². The molecule has 28 heavy (non-hydrogen) atoms. The molecule has 0 spiro atoms. The van der Waals surface area contributed by atoms with Crippen LogP contribution in [0.5, 0.6) is 0 Å². The summed E-state index contributed by atoms with van der Waals surface area (Å²) >= 11 is 3.18. The van der Waals surface area contributed by atoms with E-state index in [9.17, 15) is 28.7 Å². The Bertz CT molecular complexity index is 897. The molecule has 4 atom stereocenters. The fourth-order valence-electron chi connectivity index (χ4n) is 2.67. The molecular formula is C16H20BrFN2O8. The Balaban J connectivity index is 2.20. The van der Waals surface area contributed by atoms with Crippen molar-refractivity contribution in [1.82, 2.24) is 9.55 Å². The Kier molecular flexibility index (Phi) is 6.16. The topological polar surface area (TPSA) is 137 Å². The maximum atomic E-state index is 13.6. The predicted octanol–water partition coefficient (Wildman–Crippen LogP) is -0.0275. The van der Waals surface area contributed by atoms with E-state index in [2.05, 4.69) is 15.9 Å². The lowest BCUT2D eigenvalue weighted by atomic mass is 10.00. The SMILES string of the molecule is CC(=O)OC(C)(C)C(=O)OC[C@@]1(C)O[C@@H](n2cc(F)c(=O)[nH]c2=O)[C@@H](Br)[C@@H]1O. The molecule has 0 amide bonds. The third-order valence-electron chi connectivity index (χ3n) is 4.17. The van der Waals surface area contributed by atoms with Crippen LogP contribution in [-0.2, 0) is 23.8 Å². The number of aromatic amines is 1. The van der Waals surface area contributed by atoms with Crippen molar-refractivity contribution >= 4 is 27.9 Å². The Morgan fingerprint density at radius 2 is 2.07 bits per heavy atom. The average molecular weight is 467 g/mol. The van der Waals surface area contributed by atoms with Gasteiger partial charge in [-0.3, -0.25) is 19.1 Å². The molecule has 2 rings (SSSR count). The van der Waals surface area contributed by atoms with Gasteiger partial charge in [-0.2, -0.15) is 4.39 Å². The normalized spacial score (nSPS) is 27.5.